The number of ether oxygens (including phenoxy) is 1. The summed E-state index contributed by atoms with van der Waals surface area (Å²) in [5.41, 5.74) is 4.64. The van der Waals surface area contributed by atoms with Crippen LogP contribution in [-0.2, 0) is 16.4 Å². The van der Waals surface area contributed by atoms with Crippen LogP contribution in [0.1, 0.15) is 68.1 Å². The van der Waals surface area contributed by atoms with Gasteiger partial charge < -0.3 is 14.7 Å². The summed E-state index contributed by atoms with van der Waals surface area (Å²) >= 11 is 0. The number of aliphatic hydroxyl groups excluding tert-OH is 1. The number of benzene rings is 1. The molecule has 0 bridgehead atoms. The highest BCUT2D eigenvalue weighted by Crippen LogP contribution is 2.44. The quantitative estimate of drug-likeness (QED) is 0.547. The van der Waals surface area contributed by atoms with E-state index in [9.17, 15) is 8.42 Å². The zero-order chi connectivity index (χ0) is 26.3. The summed E-state index contributed by atoms with van der Waals surface area (Å²) in [6, 6.07) is 6.44. The van der Waals surface area contributed by atoms with Crippen LogP contribution in [0.15, 0.2) is 36.7 Å². The molecule has 1 saturated carbocycles. The van der Waals surface area contributed by atoms with Crippen molar-refractivity contribution in [3.05, 3.63) is 53.4 Å². The Morgan fingerprint density at radius 3 is 2.53 bits per heavy atom. The summed E-state index contributed by atoms with van der Waals surface area (Å²) in [6.07, 6.45) is 12.6. The number of piperidine rings is 1. The van der Waals surface area contributed by atoms with Crippen molar-refractivity contribution in [1.82, 2.24) is 14.3 Å². The van der Waals surface area contributed by atoms with Gasteiger partial charge in [-0.15, -0.1) is 0 Å². The van der Waals surface area contributed by atoms with Gasteiger partial charge >= 0.3 is 0 Å². The van der Waals surface area contributed by atoms with E-state index in [0.717, 1.165) is 49.6 Å². The van der Waals surface area contributed by atoms with Gasteiger partial charge in [-0.1, -0.05) is 12.1 Å². The van der Waals surface area contributed by atoms with E-state index in [1.807, 2.05) is 18.5 Å². The van der Waals surface area contributed by atoms with Crippen molar-refractivity contribution in [3.63, 3.8) is 0 Å². The number of nitrogens with zero attached hydrogens (tertiary/aromatic N) is 4. The molecule has 0 spiro atoms. The fraction of sp³-hybridized carbons (Fsp3) is 0.586. The molecule has 1 atom stereocenters. The molecule has 1 aromatic carbocycles. The van der Waals surface area contributed by atoms with Gasteiger partial charge in [-0.05, 0) is 85.8 Å². The van der Waals surface area contributed by atoms with Crippen LogP contribution >= 0.6 is 0 Å². The highest BCUT2D eigenvalue weighted by molar-refractivity contribution is 7.89. The molecule has 9 heteroatoms. The zero-order valence-corrected chi connectivity index (χ0v) is 23.0. The van der Waals surface area contributed by atoms with Crippen LogP contribution in [0.5, 0.6) is 5.75 Å². The monoisotopic (exact) mass is 538 g/mol. The van der Waals surface area contributed by atoms with E-state index < -0.39 is 10.0 Å². The minimum Gasteiger partial charge on any atom is -0.487 e. The van der Waals surface area contributed by atoms with Gasteiger partial charge in [0.25, 0.3) is 0 Å². The third-order valence-corrected chi connectivity index (χ3v) is 10.7. The molecule has 1 saturated heterocycles. The Balaban J connectivity index is 1.07. The molecule has 204 valence electrons. The SMILES string of the molecule is CC1(C2CCN(c3ncc(C4CC4)cn3)CC2)Cc2cc(C3=CCN(S(=O)(=O)CCCO)CC3)ccc2O1. The Morgan fingerprint density at radius 2 is 1.87 bits per heavy atom. The molecule has 0 amide bonds. The summed E-state index contributed by atoms with van der Waals surface area (Å²) in [6.45, 7) is 4.91. The predicted molar refractivity (Wildman–Crippen MR) is 148 cm³/mol. The molecular weight excluding hydrogens is 500 g/mol. The van der Waals surface area contributed by atoms with Crippen molar-refractivity contribution >= 4 is 21.5 Å². The summed E-state index contributed by atoms with van der Waals surface area (Å²) in [4.78, 5) is 11.6. The molecule has 8 nitrogen and oxygen atoms in total. The first kappa shape index (κ1) is 25.8. The Bertz CT molecular complexity index is 1300. The highest BCUT2D eigenvalue weighted by Gasteiger charge is 2.43. The minimum absolute atomic E-state index is 0.0000895. The van der Waals surface area contributed by atoms with Crippen molar-refractivity contribution in [2.75, 3.05) is 43.4 Å². The second kappa shape index (κ2) is 10.2. The number of hydrogen-bond acceptors (Lipinski definition) is 7. The number of aromatic nitrogens is 2. The van der Waals surface area contributed by atoms with Crippen LogP contribution in [0.25, 0.3) is 5.57 Å². The van der Waals surface area contributed by atoms with E-state index in [0.29, 0.717) is 31.3 Å². The van der Waals surface area contributed by atoms with Gasteiger partial charge in [0.15, 0.2) is 0 Å². The molecular formula is C29H38N4O4S. The molecule has 6 rings (SSSR count). The standard InChI is InChI=1S/C29H38N4O4S/c1-29(26-9-11-32(12-10-26)28-30-19-25(20-31-28)21-3-4-21)18-24-17-23(5-6-27(24)37-29)22-7-13-33(14-8-22)38(35,36)16-2-15-34/h5-7,17,19-21,26,34H,2-4,8-16,18H2,1H3. The van der Waals surface area contributed by atoms with Crippen molar-refractivity contribution in [3.8, 4) is 5.75 Å². The molecule has 1 aliphatic carbocycles. The minimum atomic E-state index is -3.32. The first-order chi connectivity index (χ1) is 18.3. The van der Waals surface area contributed by atoms with Crippen molar-refractivity contribution < 1.29 is 18.3 Å². The van der Waals surface area contributed by atoms with Crippen LogP contribution in [-0.4, -0.2) is 71.9 Å². The molecule has 1 unspecified atom stereocenters. The molecule has 2 aromatic rings. The lowest BCUT2D eigenvalue weighted by atomic mass is 9.79. The van der Waals surface area contributed by atoms with E-state index in [1.54, 1.807) is 0 Å². The van der Waals surface area contributed by atoms with Gasteiger partial charge in [0, 0.05) is 57.5 Å². The number of rotatable bonds is 8. The molecule has 1 N–H and O–H groups in total. The summed E-state index contributed by atoms with van der Waals surface area (Å²) in [5, 5.41) is 8.99. The maximum absolute atomic E-state index is 12.5. The molecule has 0 radical (unpaired) electrons. The second-order valence-corrected chi connectivity index (χ2v) is 13.6. The van der Waals surface area contributed by atoms with E-state index in [2.05, 4.69) is 40.0 Å². The first-order valence-electron chi connectivity index (χ1n) is 14.0. The Kier molecular flexibility index (Phi) is 6.95. The number of sulfonamides is 1. The zero-order valence-electron chi connectivity index (χ0n) is 22.2. The molecule has 2 fully saturated rings. The average molecular weight is 539 g/mol. The summed E-state index contributed by atoms with van der Waals surface area (Å²) in [7, 11) is -3.32. The number of anilines is 1. The largest absolute Gasteiger partial charge is 0.487 e. The van der Waals surface area contributed by atoms with Crippen LogP contribution in [0.3, 0.4) is 0 Å². The average Bonchev–Trinajstić information content (AvgIpc) is 3.73. The van der Waals surface area contributed by atoms with E-state index in [-0.39, 0.29) is 24.4 Å². The van der Waals surface area contributed by atoms with Gasteiger partial charge in [0.2, 0.25) is 16.0 Å². The van der Waals surface area contributed by atoms with Crippen LogP contribution in [0.4, 0.5) is 5.95 Å². The third-order valence-electron chi connectivity index (χ3n) is 8.79. The van der Waals surface area contributed by atoms with Crippen molar-refractivity contribution in [2.24, 2.45) is 5.92 Å². The number of aliphatic hydroxyl groups is 1. The molecule has 1 aromatic heterocycles. The van der Waals surface area contributed by atoms with Crippen LogP contribution in [0, 0.1) is 5.92 Å². The first-order valence-corrected chi connectivity index (χ1v) is 15.6. The highest BCUT2D eigenvalue weighted by atomic mass is 32.2. The Morgan fingerprint density at radius 1 is 1.11 bits per heavy atom. The van der Waals surface area contributed by atoms with Crippen molar-refractivity contribution in [1.29, 1.82) is 0 Å². The lowest BCUT2D eigenvalue weighted by molar-refractivity contribution is 0.0349. The molecule has 4 heterocycles. The summed E-state index contributed by atoms with van der Waals surface area (Å²) in [5.74, 6) is 2.96. The van der Waals surface area contributed by atoms with Gasteiger partial charge in [-0.25, -0.2) is 18.4 Å². The van der Waals surface area contributed by atoms with Gasteiger partial charge in [-0.2, -0.15) is 4.31 Å². The normalized spacial score (nSPS) is 24.7. The lowest BCUT2D eigenvalue weighted by Crippen LogP contribution is -2.46. The van der Waals surface area contributed by atoms with Gasteiger partial charge in [-0.3, -0.25) is 0 Å². The smallest absolute Gasteiger partial charge is 0.225 e. The van der Waals surface area contributed by atoms with Crippen LogP contribution < -0.4 is 9.64 Å². The second-order valence-electron chi connectivity index (χ2n) is 11.5. The van der Waals surface area contributed by atoms with Gasteiger partial charge in [0.05, 0.1) is 5.75 Å². The van der Waals surface area contributed by atoms with Crippen LogP contribution in [0.2, 0.25) is 0 Å². The fourth-order valence-corrected chi connectivity index (χ4v) is 7.69. The predicted octanol–water partition coefficient (Wildman–Crippen LogP) is 3.77. The maximum Gasteiger partial charge on any atom is 0.225 e. The van der Waals surface area contributed by atoms with E-state index in [4.69, 9.17) is 9.84 Å². The lowest BCUT2D eigenvalue weighted by Gasteiger charge is -2.40. The molecule has 4 aliphatic rings. The third kappa shape index (κ3) is 5.20. The fourth-order valence-electron chi connectivity index (χ4n) is 6.26. The molecule has 38 heavy (non-hydrogen) atoms. The summed E-state index contributed by atoms with van der Waals surface area (Å²) < 4.78 is 33.0. The van der Waals surface area contributed by atoms with Crippen molar-refractivity contribution in [2.45, 2.75) is 63.4 Å². The van der Waals surface area contributed by atoms with E-state index in [1.165, 1.54) is 33.8 Å². The Labute approximate surface area is 225 Å². The van der Waals surface area contributed by atoms with Gasteiger partial charge in [0.1, 0.15) is 11.4 Å². The number of fused-ring (bicyclic) bond motifs is 1. The number of hydrogen-bond donors (Lipinski definition) is 1. The Hall–Kier alpha value is -2.49. The molecule has 3 aliphatic heterocycles. The topological polar surface area (TPSA) is 95.9 Å². The maximum atomic E-state index is 12.5. The van der Waals surface area contributed by atoms with E-state index >= 15 is 0 Å².